The van der Waals surface area contributed by atoms with Crippen LogP contribution in [0, 0.1) is 5.82 Å². The number of hydrogen-bond donors (Lipinski definition) is 2. The lowest BCUT2D eigenvalue weighted by atomic mass is 10.0. The molecule has 4 aromatic rings. The van der Waals surface area contributed by atoms with E-state index in [1.165, 1.54) is 30.6 Å². The Morgan fingerprint density at radius 2 is 1.76 bits per heavy atom. The van der Waals surface area contributed by atoms with E-state index in [0.717, 1.165) is 6.20 Å². The van der Waals surface area contributed by atoms with Crippen molar-refractivity contribution in [2.24, 2.45) is 7.05 Å². The fraction of sp³-hybridized carbons (Fsp3) is 0.136. The summed E-state index contributed by atoms with van der Waals surface area (Å²) in [6.45, 7) is 0. The number of benzene rings is 1. The Balaban J connectivity index is 1.41. The molecule has 0 saturated carbocycles. The van der Waals surface area contributed by atoms with E-state index in [1.54, 1.807) is 30.2 Å². The third kappa shape index (κ3) is 5.52. The Labute approximate surface area is 190 Å². The second-order valence-corrected chi connectivity index (χ2v) is 7.28. The van der Waals surface area contributed by atoms with Crippen molar-refractivity contribution in [2.45, 2.75) is 12.6 Å². The highest BCUT2D eigenvalue weighted by Gasteiger charge is 2.32. The number of rotatable bonds is 6. The van der Waals surface area contributed by atoms with Crippen LogP contribution in [0.5, 0.6) is 0 Å². The molecule has 0 saturated heterocycles. The molecule has 1 amide bonds. The second kappa shape index (κ2) is 9.25. The molecule has 0 radical (unpaired) electrons. The summed E-state index contributed by atoms with van der Waals surface area (Å²) in [7, 11) is 1.78. The van der Waals surface area contributed by atoms with Gasteiger partial charge in [-0.15, -0.1) is 0 Å². The summed E-state index contributed by atoms with van der Waals surface area (Å²) in [5.41, 5.74) is 0.639. The van der Waals surface area contributed by atoms with Crippen LogP contribution in [0.3, 0.4) is 0 Å². The van der Waals surface area contributed by atoms with Gasteiger partial charge in [0.05, 0.1) is 18.3 Å². The van der Waals surface area contributed by atoms with Gasteiger partial charge in [0.15, 0.2) is 0 Å². The molecule has 0 spiro atoms. The Kier molecular flexibility index (Phi) is 6.21. The average Bonchev–Trinajstić information content (AvgIpc) is 3.20. The van der Waals surface area contributed by atoms with Crippen molar-refractivity contribution >= 4 is 23.2 Å². The van der Waals surface area contributed by atoms with Crippen molar-refractivity contribution in [1.29, 1.82) is 0 Å². The molecule has 1 aromatic carbocycles. The molecule has 34 heavy (non-hydrogen) atoms. The number of anilines is 3. The highest BCUT2D eigenvalue weighted by Crippen LogP contribution is 2.29. The van der Waals surface area contributed by atoms with Gasteiger partial charge in [-0.05, 0) is 29.3 Å². The Bertz CT molecular complexity index is 1320. The first-order valence-corrected chi connectivity index (χ1v) is 9.87. The van der Waals surface area contributed by atoms with Crippen LogP contribution in [0.2, 0.25) is 0 Å². The van der Waals surface area contributed by atoms with Crippen LogP contribution >= 0.6 is 0 Å². The summed E-state index contributed by atoms with van der Waals surface area (Å²) in [4.78, 5) is 23.9. The van der Waals surface area contributed by atoms with E-state index in [9.17, 15) is 22.4 Å². The molecule has 0 aliphatic rings. The first kappa shape index (κ1) is 22.8. The number of nitrogens with zero attached hydrogens (tertiary/aromatic N) is 5. The summed E-state index contributed by atoms with van der Waals surface area (Å²) >= 11 is 0. The molecule has 4 rings (SSSR count). The SMILES string of the molecule is Cn1cc(Nc2ncc(-c3ccc(CC(=O)Nc4ccnc(C(F)(F)F)c4)c(F)c3)cn2)cn1. The lowest BCUT2D eigenvalue weighted by molar-refractivity contribution is -0.141. The summed E-state index contributed by atoms with van der Waals surface area (Å²) < 4.78 is 54.5. The molecule has 3 heterocycles. The van der Waals surface area contributed by atoms with Gasteiger partial charge in [0.25, 0.3) is 0 Å². The topological polar surface area (TPSA) is 97.6 Å². The number of hydrogen-bond acceptors (Lipinski definition) is 6. The summed E-state index contributed by atoms with van der Waals surface area (Å²) in [6, 6.07) is 6.21. The molecular weight excluding hydrogens is 454 g/mol. The molecule has 12 heteroatoms. The predicted molar refractivity (Wildman–Crippen MR) is 115 cm³/mol. The molecule has 0 fully saturated rings. The number of aryl methyl sites for hydroxylation is 1. The van der Waals surface area contributed by atoms with E-state index < -0.39 is 23.6 Å². The fourth-order valence-electron chi connectivity index (χ4n) is 3.07. The minimum Gasteiger partial charge on any atom is -0.326 e. The third-order valence-corrected chi connectivity index (χ3v) is 4.68. The average molecular weight is 471 g/mol. The van der Waals surface area contributed by atoms with E-state index in [4.69, 9.17) is 0 Å². The standard InChI is InChI=1S/C22H17F4N7O/c1-33-12-17(11-30-33)32-21-28-9-15(10-29-21)13-2-3-14(18(23)6-13)7-20(34)31-16-4-5-27-19(8-16)22(24,25)26/h2-6,8-12H,7H2,1H3,(H,27,31,34)(H,28,29,32). The zero-order valence-corrected chi connectivity index (χ0v) is 17.6. The number of amides is 1. The van der Waals surface area contributed by atoms with Gasteiger partial charge < -0.3 is 10.6 Å². The Morgan fingerprint density at radius 3 is 2.41 bits per heavy atom. The summed E-state index contributed by atoms with van der Waals surface area (Å²) in [5, 5.41) is 9.35. The van der Waals surface area contributed by atoms with Crippen LogP contribution in [0.1, 0.15) is 11.3 Å². The lowest BCUT2D eigenvalue weighted by Crippen LogP contribution is -2.16. The van der Waals surface area contributed by atoms with E-state index >= 15 is 0 Å². The fourth-order valence-corrected chi connectivity index (χ4v) is 3.07. The van der Waals surface area contributed by atoms with E-state index in [-0.39, 0.29) is 17.7 Å². The van der Waals surface area contributed by atoms with Crippen LogP contribution < -0.4 is 10.6 Å². The zero-order chi connectivity index (χ0) is 24.3. The molecule has 3 aromatic heterocycles. The number of carbonyl (C=O) groups excluding carboxylic acids is 1. The Morgan fingerprint density at radius 1 is 1.00 bits per heavy atom. The van der Waals surface area contributed by atoms with Gasteiger partial charge in [-0.2, -0.15) is 18.3 Å². The van der Waals surface area contributed by atoms with Crippen LogP contribution in [-0.2, 0) is 24.4 Å². The van der Waals surface area contributed by atoms with Crippen LogP contribution in [0.15, 0.2) is 61.3 Å². The minimum atomic E-state index is -4.64. The molecule has 0 bridgehead atoms. The first-order chi connectivity index (χ1) is 16.2. The molecule has 0 aliphatic heterocycles. The second-order valence-electron chi connectivity index (χ2n) is 7.28. The summed E-state index contributed by atoms with van der Waals surface area (Å²) in [5.74, 6) is -0.966. The molecule has 2 N–H and O–H groups in total. The monoisotopic (exact) mass is 471 g/mol. The van der Waals surface area contributed by atoms with Crippen molar-refractivity contribution in [2.75, 3.05) is 10.6 Å². The van der Waals surface area contributed by atoms with Gasteiger partial charge in [-0.1, -0.05) is 12.1 Å². The normalized spacial score (nSPS) is 11.3. The smallest absolute Gasteiger partial charge is 0.326 e. The lowest BCUT2D eigenvalue weighted by Gasteiger charge is -2.10. The molecule has 0 unspecified atom stereocenters. The zero-order valence-electron chi connectivity index (χ0n) is 17.6. The quantitative estimate of drug-likeness (QED) is 0.406. The van der Waals surface area contributed by atoms with Gasteiger partial charge >= 0.3 is 6.18 Å². The summed E-state index contributed by atoms with van der Waals surface area (Å²) in [6.07, 6.45) is 2.35. The maximum absolute atomic E-state index is 14.6. The van der Waals surface area contributed by atoms with Crippen molar-refractivity contribution in [3.63, 3.8) is 0 Å². The van der Waals surface area contributed by atoms with Crippen LogP contribution in [0.4, 0.5) is 34.9 Å². The van der Waals surface area contributed by atoms with Crippen LogP contribution in [0.25, 0.3) is 11.1 Å². The van der Waals surface area contributed by atoms with Crippen molar-refractivity contribution in [3.8, 4) is 11.1 Å². The Hall–Kier alpha value is -4.35. The number of halogens is 4. The van der Waals surface area contributed by atoms with Gasteiger partial charge in [0.2, 0.25) is 11.9 Å². The maximum atomic E-state index is 14.6. The number of carbonyl (C=O) groups is 1. The van der Waals surface area contributed by atoms with Gasteiger partial charge in [0.1, 0.15) is 11.5 Å². The van der Waals surface area contributed by atoms with E-state index in [0.29, 0.717) is 28.8 Å². The van der Waals surface area contributed by atoms with Crippen molar-refractivity contribution < 1.29 is 22.4 Å². The minimum absolute atomic E-state index is 0.0820. The number of aromatic nitrogens is 5. The van der Waals surface area contributed by atoms with Gasteiger partial charge in [0, 0.05) is 43.1 Å². The van der Waals surface area contributed by atoms with Crippen molar-refractivity contribution in [1.82, 2.24) is 24.7 Å². The van der Waals surface area contributed by atoms with E-state index in [1.807, 2.05) is 0 Å². The maximum Gasteiger partial charge on any atom is 0.433 e. The molecule has 0 aliphatic carbocycles. The van der Waals surface area contributed by atoms with Gasteiger partial charge in [-0.25, -0.2) is 14.4 Å². The molecule has 8 nitrogen and oxygen atoms in total. The van der Waals surface area contributed by atoms with E-state index in [2.05, 4.69) is 30.7 Å². The molecular formula is C22H17F4N7O. The number of alkyl halides is 3. The van der Waals surface area contributed by atoms with Crippen molar-refractivity contribution in [3.05, 3.63) is 78.4 Å². The predicted octanol–water partition coefficient (Wildman–Crippen LogP) is 4.35. The molecule has 174 valence electrons. The first-order valence-electron chi connectivity index (χ1n) is 9.87. The highest BCUT2D eigenvalue weighted by molar-refractivity contribution is 5.92. The highest BCUT2D eigenvalue weighted by atomic mass is 19.4. The largest absolute Gasteiger partial charge is 0.433 e. The van der Waals surface area contributed by atoms with Crippen LogP contribution in [-0.4, -0.2) is 30.6 Å². The number of pyridine rings is 1. The third-order valence-electron chi connectivity index (χ3n) is 4.68. The van der Waals surface area contributed by atoms with Gasteiger partial charge in [-0.3, -0.25) is 14.5 Å². The number of nitrogens with one attached hydrogen (secondary N) is 2. The molecule has 0 atom stereocenters.